The van der Waals surface area contributed by atoms with Crippen molar-refractivity contribution in [3.8, 4) is 0 Å². The first-order valence-corrected chi connectivity index (χ1v) is 7.25. The molecule has 1 saturated heterocycles. The van der Waals surface area contributed by atoms with Crippen LogP contribution in [0.1, 0.15) is 30.5 Å². The molecular weight excluding hydrogens is 299 g/mol. The molecule has 1 aliphatic rings. The van der Waals surface area contributed by atoms with Crippen LogP contribution in [0.25, 0.3) is 0 Å². The van der Waals surface area contributed by atoms with E-state index in [1.54, 1.807) is 6.07 Å². The van der Waals surface area contributed by atoms with Crippen molar-refractivity contribution in [3.63, 3.8) is 0 Å². The van der Waals surface area contributed by atoms with E-state index in [4.69, 9.17) is 27.7 Å². The molecule has 1 aromatic carbocycles. The summed E-state index contributed by atoms with van der Waals surface area (Å²) in [6, 6.07) is 7.07. The largest absolute Gasteiger partial charge is 0.384 e. The van der Waals surface area contributed by atoms with Crippen molar-refractivity contribution in [1.82, 2.24) is 10.1 Å². The molecule has 0 saturated carbocycles. The summed E-state index contributed by atoms with van der Waals surface area (Å²) >= 11 is 12.2. The Morgan fingerprint density at radius 3 is 2.85 bits per heavy atom. The van der Waals surface area contributed by atoms with Crippen LogP contribution in [0.2, 0.25) is 10.0 Å². The molecule has 1 aromatic heterocycles. The van der Waals surface area contributed by atoms with Gasteiger partial charge >= 0.3 is 0 Å². The number of nitrogens with zero attached hydrogens (tertiary/aromatic N) is 1. The number of piperidine rings is 1. The van der Waals surface area contributed by atoms with Crippen LogP contribution in [0.15, 0.2) is 39.8 Å². The van der Waals surface area contributed by atoms with Crippen LogP contribution in [-0.4, -0.2) is 11.3 Å². The summed E-state index contributed by atoms with van der Waals surface area (Å²) in [7, 11) is 0. The maximum atomic E-state index is 11.7. The van der Waals surface area contributed by atoms with Crippen LogP contribution in [-0.2, 0) is 0 Å². The van der Waals surface area contributed by atoms with E-state index in [1.165, 1.54) is 17.1 Å². The van der Waals surface area contributed by atoms with Crippen molar-refractivity contribution >= 4 is 23.2 Å². The molecule has 106 valence electrons. The quantitative estimate of drug-likeness (QED) is 0.924. The average Bonchev–Trinajstić information content (AvgIpc) is 2.85. The second-order valence-corrected chi connectivity index (χ2v) is 5.77. The van der Waals surface area contributed by atoms with E-state index in [2.05, 4.69) is 5.32 Å². The molecule has 3 rings (SSSR count). The highest BCUT2D eigenvalue weighted by Gasteiger charge is 2.27. The van der Waals surface area contributed by atoms with E-state index in [1.807, 2.05) is 12.1 Å². The molecule has 0 amide bonds. The van der Waals surface area contributed by atoms with Gasteiger partial charge in [0.25, 0.3) is 5.56 Å². The minimum Gasteiger partial charge on any atom is -0.384 e. The van der Waals surface area contributed by atoms with Gasteiger partial charge in [-0.1, -0.05) is 29.3 Å². The van der Waals surface area contributed by atoms with Crippen LogP contribution < -0.4 is 10.9 Å². The SMILES string of the molecule is O=c1ccon1[C@H]1CCN[C@@H](c2ccc(Cl)cc2Cl)C1. The van der Waals surface area contributed by atoms with Crippen molar-refractivity contribution in [3.05, 3.63) is 56.5 Å². The van der Waals surface area contributed by atoms with Crippen LogP contribution >= 0.6 is 23.2 Å². The maximum Gasteiger partial charge on any atom is 0.282 e. The number of halogens is 2. The zero-order valence-corrected chi connectivity index (χ0v) is 12.2. The van der Waals surface area contributed by atoms with Gasteiger partial charge < -0.3 is 9.84 Å². The number of nitrogens with one attached hydrogen (secondary N) is 1. The third-order valence-corrected chi connectivity index (χ3v) is 4.21. The molecular formula is C14H14Cl2N2O2. The standard InChI is InChI=1S/C14H14Cl2N2O2/c15-9-1-2-11(12(16)7-9)13-8-10(3-5-17-13)18-14(19)4-6-20-18/h1-2,4,6-7,10,13,17H,3,5,8H2/t10-,13+/m0/s1. The predicted molar refractivity (Wildman–Crippen MR) is 78.4 cm³/mol. The van der Waals surface area contributed by atoms with Crippen LogP contribution in [0, 0.1) is 0 Å². The van der Waals surface area contributed by atoms with Gasteiger partial charge in [0, 0.05) is 22.2 Å². The van der Waals surface area contributed by atoms with Crippen molar-refractivity contribution in [1.29, 1.82) is 0 Å². The Kier molecular flexibility index (Phi) is 3.87. The first-order chi connectivity index (χ1) is 9.65. The first-order valence-electron chi connectivity index (χ1n) is 6.50. The topological polar surface area (TPSA) is 47.2 Å². The Morgan fingerprint density at radius 2 is 2.15 bits per heavy atom. The maximum absolute atomic E-state index is 11.7. The van der Waals surface area contributed by atoms with Crippen molar-refractivity contribution < 1.29 is 4.52 Å². The van der Waals surface area contributed by atoms with E-state index >= 15 is 0 Å². The Morgan fingerprint density at radius 1 is 1.30 bits per heavy atom. The summed E-state index contributed by atoms with van der Waals surface area (Å²) in [6.45, 7) is 0.807. The van der Waals surface area contributed by atoms with Gasteiger partial charge in [0.1, 0.15) is 6.26 Å². The lowest BCUT2D eigenvalue weighted by Crippen LogP contribution is -2.35. The van der Waals surface area contributed by atoms with Crippen molar-refractivity contribution in [2.24, 2.45) is 0 Å². The fraction of sp³-hybridized carbons (Fsp3) is 0.357. The van der Waals surface area contributed by atoms with Crippen LogP contribution in [0.4, 0.5) is 0 Å². The fourth-order valence-electron chi connectivity index (χ4n) is 2.68. The molecule has 0 bridgehead atoms. The molecule has 20 heavy (non-hydrogen) atoms. The second-order valence-electron chi connectivity index (χ2n) is 4.92. The van der Waals surface area contributed by atoms with Gasteiger partial charge in [0.05, 0.1) is 6.04 Å². The third-order valence-electron chi connectivity index (χ3n) is 3.65. The number of aromatic nitrogens is 1. The normalized spacial score (nSPS) is 22.9. The lowest BCUT2D eigenvalue weighted by atomic mass is 9.94. The minimum absolute atomic E-state index is 0.0514. The van der Waals surface area contributed by atoms with Gasteiger partial charge in [0.2, 0.25) is 0 Å². The van der Waals surface area contributed by atoms with Crippen LogP contribution in [0.5, 0.6) is 0 Å². The zero-order chi connectivity index (χ0) is 14.1. The molecule has 0 aliphatic carbocycles. The van der Waals surface area contributed by atoms with Gasteiger partial charge in [-0.2, -0.15) is 4.74 Å². The lowest BCUT2D eigenvalue weighted by molar-refractivity contribution is 0.161. The molecule has 0 spiro atoms. The summed E-state index contributed by atoms with van der Waals surface area (Å²) in [5, 5.41) is 4.68. The summed E-state index contributed by atoms with van der Waals surface area (Å²) < 4.78 is 6.70. The molecule has 1 fully saturated rings. The zero-order valence-electron chi connectivity index (χ0n) is 10.7. The van der Waals surface area contributed by atoms with Gasteiger partial charge in [-0.05, 0) is 37.1 Å². The highest BCUT2D eigenvalue weighted by atomic mass is 35.5. The molecule has 6 heteroatoms. The molecule has 2 heterocycles. The van der Waals surface area contributed by atoms with Gasteiger partial charge in [-0.3, -0.25) is 4.79 Å². The average molecular weight is 313 g/mol. The number of rotatable bonds is 2. The molecule has 4 nitrogen and oxygen atoms in total. The molecule has 0 radical (unpaired) electrons. The lowest BCUT2D eigenvalue weighted by Gasteiger charge is -2.30. The molecule has 1 N–H and O–H groups in total. The van der Waals surface area contributed by atoms with E-state index in [0.29, 0.717) is 10.0 Å². The van der Waals surface area contributed by atoms with Crippen molar-refractivity contribution in [2.45, 2.75) is 24.9 Å². The Labute approximate surface area is 126 Å². The highest BCUT2D eigenvalue weighted by molar-refractivity contribution is 6.35. The minimum atomic E-state index is -0.0992. The van der Waals surface area contributed by atoms with E-state index in [0.717, 1.165) is 24.9 Å². The number of hydrogen-bond acceptors (Lipinski definition) is 3. The molecule has 2 atom stereocenters. The van der Waals surface area contributed by atoms with Gasteiger partial charge in [0.15, 0.2) is 0 Å². The highest BCUT2D eigenvalue weighted by Crippen LogP contribution is 2.34. The fourth-order valence-corrected chi connectivity index (χ4v) is 3.22. The second kappa shape index (κ2) is 5.64. The van der Waals surface area contributed by atoms with E-state index in [-0.39, 0.29) is 17.6 Å². The Bertz CT molecular complexity index is 665. The Hall–Kier alpha value is -1.23. The van der Waals surface area contributed by atoms with E-state index < -0.39 is 0 Å². The van der Waals surface area contributed by atoms with Gasteiger partial charge in [-0.25, -0.2) is 0 Å². The van der Waals surface area contributed by atoms with E-state index in [9.17, 15) is 4.79 Å². The third kappa shape index (κ3) is 2.64. The molecule has 2 aromatic rings. The monoisotopic (exact) mass is 312 g/mol. The van der Waals surface area contributed by atoms with Gasteiger partial charge in [-0.15, -0.1) is 0 Å². The summed E-state index contributed by atoms with van der Waals surface area (Å²) in [5.41, 5.74) is 0.901. The number of hydrogen-bond donors (Lipinski definition) is 1. The predicted octanol–water partition coefficient (Wildman–Crippen LogP) is 3.41. The summed E-state index contributed by atoms with van der Waals surface area (Å²) in [5.74, 6) is 0. The molecule has 0 unspecified atom stereocenters. The molecule has 1 aliphatic heterocycles. The first kappa shape index (κ1) is 13.7. The van der Waals surface area contributed by atoms with Crippen LogP contribution in [0.3, 0.4) is 0 Å². The smallest absolute Gasteiger partial charge is 0.282 e. The van der Waals surface area contributed by atoms with Crippen molar-refractivity contribution in [2.75, 3.05) is 6.54 Å². The number of benzene rings is 1. The Balaban J connectivity index is 1.85. The summed E-state index contributed by atoms with van der Waals surface area (Å²) in [4.78, 5) is 11.7. The summed E-state index contributed by atoms with van der Waals surface area (Å²) in [6.07, 6.45) is 3.04.